The fraction of sp³-hybridized carbons (Fsp3) is 0.471. The highest BCUT2D eigenvalue weighted by Crippen LogP contribution is 2.27. The van der Waals surface area contributed by atoms with Crippen LogP contribution in [0.2, 0.25) is 0 Å². The molecule has 0 bridgehead atoms. The Hall–Kier alpha value is -1.65. The minimum Gasteiger partial charge on any atom is -0.389 e. The first kappa shape index (κ1) is 14.3. The molecule has 0 aliphatic heterocycles. The molecule has 2 aromatic rings. The summed E-state index contributed by atoms with van der Waals surface area (Å²) in [5.41, 5.74) is 2.61. The maximum Gasteiger partial charge on any atom is 0.0924 e. The van der Waals surface area contributed by atoms with E-state index in [1.807, 2.05) is 18.2 Å². The van der Waals surface area contributed by atoms with E-state index in [4.69, 9.17) is 0 Å². The molecule has 0 saturated heterocycles. The van der Waals surface area contributed by atoms with Gasteiger partial charge in [-0.1, -0.05) is 49.6 Å². The van der Waals surface area contributed by atoms with Gasteiger partial charge in [-0.05, 0) is 18.9 Å². The summed E-state index contributed by atoms with van der Waals surface area (Å²) in [6.45, 7) is 1.37. The number of nitrogens with zero attached hydrogens (tertiary/aromatic N) is 1. The van der Waals surface area contributed by atoms with Crippen molar-refractivity contribution in [2.24, 2.45) is 0 Å². The van der Waals surface area contributed by atoms with Crippen molar-refractivity contribution in [1.29, 1.82) is 0 Å². The van der Waals surface area contributed by atoms with E-state index in [1.165, 1.54) is 6.42 Å². The predicted molar refractivity (Wildman–Crippen MR) is 83.8 cm³/mol. The number of aromatic amines is 1. The van der Waals surface area contributed by atoms with Gasteiger partial charge < -0.3 is 10.4 Å². The maximum atomic E-state index is 10.4. The fourth-order valence-corrected chi connectivity index (χ4v) is 3.03. The normalized spacial score (nSPS) is 17.8. The van der Waals surface area contributed by atoms with Gasteiger partial charge in [-0.2, -0.15) is 5.10 Å². The van der Waals surface area contributed by atoms with Gasteiger partial charge in [-0.3, -0.25) is 5.10 Å². The summed E-state index contributed by atoms with van der Waals surface area (Å²) in [6.07, 6.45) is 5.36. The maximum absolute atomic E-state index is 10.4. The van der Waals surface area contributed by atoms with Crippen LogP contribution in [0.15, 0.2) is 36.4 Å². The molecule has 0 radical (unpaired) electrons. The molecular formula is C17H23N3O. The van der Waals surface area contributed by atoms with Crippen LogP contribution in [0.25, 0.3) is 11.3 Å². The number of nitrogens with one attached hydrogen (secondary N) is 2. The molecule has 1 aliphatic carbocycles. The highest BCUT2D eigenvalue weighted by Gasteiger charge is 2.28. The molecule has 1 aliphatic rings. The van der Waals surface area contributed by atoms with Crippen molar-refractivity contribution in [2.45, 2.75) is 44.2 Å². The van der Waals surface area contributed by atoms with E-state index in [1.54, 1.807) is 0 Å². The fourth-order valence-electron chi connectivity index (χ4n) is 3.03. The summed E-state index contributed by atoms with van der Waals surface area (Å²) in [7, 11) is 0. The molecule has 1 heterocycles. The predicted octanol–water partition coefficient (Wildman–Crippen LogP) is 2.86. The molecule has 1 fully saturated rings. The molecule has 0 unspecified atom stereocenters. The van der Waals surface area contributed by atoms with Crippen molar-refractivity contribution in [3.63, 3.8) is 0 Å². The molecule has 21 heavy (non-hydrogen) atoms. The third-order valence-corrected chi connectivity index (χ3v) is 4.25. The SMILES string of the molecule is OC1(CNCc2cc(-c3ccccc3)n[nH]2)CCCCC1. The van der Waals surface area contributed by atoms with Crippen LogP contribution < -0.4 is 5.32 Å². The lowest BCUT2D eigenvalue weighted by atomic mass is 9.85. The van der Waals surface area contributed by atoms with E-state index < -0.39 is 5.60 Å². The van der Waals surface area contributed by atoms with Gasteiger partial charge in [0.15, 0.2) is 0 Å². The Morgan fingerprint density at radius 2 is 1.90 bits per heavy atom. The molecule has 3 N–H and O–H groups in total. The number of hydrogen-bond donors (Lipinski definition) is 3. The summed E-state index contributed by atoms with van der Waals surface area (Å²) in [6, 6.07) is 12.2. The summed E-state index contributed by atoms with van der Waals surface area (Å²) in [5.74, 6) is 0. The van der Waals surface area contributed by atoms with E-state index in [0.29, 0.717) is 13.1 Å². The second-order valence-electron chi connectivity index (χ2n) is 6.03. The summed E-state index contributed by atoms with van der Waals surface area (Å²) in [5, 5.41) is 21.2. The Bertz CT molecular complexity index is 558. The van der Waals surface area contributed by atoms with Gasteiger partial charge in [0, 0.05) is 24.3 Å². The van der Waals surface area contributed by atoms with Crippen molar-refractivity contribution in [3.05, 3.63) is 42.1 Å². The van der Waals surface area contributed by atoms with Crippen molar-refractivity contribution in [3.8, 4) is 11.3 Å². The van der Waals surface area contributed by atoms with Gasteiger partial charge in [0.25, 0.3) is 0 Å². The van der Waals surface area contributed by atoms with Gasteiger partial charge in [-0.25, -0.2) is 0 Å². The lowest BCUT2D eigenvalue weighted by Gasteiger charge is -2.32. The number of rotatable bonds is 5. The van der Waals surface area contributed by atoms with Gasteiger partial charge >= 0.3 is 0 Å². The highest BCUT2D eigenvalue weighted by molar-refractivity contribution is 5.58. The molecule has 1 aromatic carbocycles. The van der Waals surface area contributed by atoms with Gasteiger partial charge in [0.1, 0.15) is 0 Å². The van der Waals surface area contributed by atoms with Gasteiger partial charge in [-0.15, -0.1) is 0 Å². The zero-order chi connectivity index (χ0) is 14.5. The molecule has 4 heteroatoms. The van der Waals surface area contributed by atoms with Crippen molar-refractivity contribution in [2.75, 3.05) is 6.54 Å². The third kappa shape index (κ3) is 3.71. The third-order valence-electron chi connectivity index (χ3n) is 4.25. The number of hydrogen-bond acceptors (Lipinski definition) is 3. The zero-order valence-corrected chi connectivity index (χ0v) is 12.3. The van der Waals surface area contributed by atoms with E-state index in [-0.39, 0.29) is 0 Å². The Labute approximate surface area is 125 Å². The first-order chi connectivity index (χ1) is 10.3. The van der Waals surface area contributed by atoms with E-state index >= 15 is 0 Å². The first-order valence-corrected chi connectivity index (χ1v) is 7.78. The van der Waals surface area contributed by atoms with Crippen LogP contribution in [0, 0.1) is 0 Å². The second-order valence-corrected chi connectivity index (χ2v) is 6.03. The zero-order valence-electron chi connectivity index (χ0n) is 12.3. The number of benzene rings is 1. The minimum atomic E-state index is -0.513. The van der Waals surface area contributed by atoms with Crippen LogP contribution in [0.4, 0.5) is 0 Å². The van der Waals surface area contributed by atoms with Gasteiger partial charge in [0.2, 0.25) is 0 Å². The van der Waals surface area contributed by atoms with Crippen LogP contribution in [0.3, 0.4) is 0 Å². The molecule has 0 spiro atoms. The van der Waals surface area contributed by atoms with Crippen LogP contribution in [-0.4, -0.2) is 27.4 Å². The Kier molecular flexibility index (Phi) is 4.36. The van der Waals surface area contributed by atoms with Crippen molar-refractivity contribution < 1.29 is 5.11 Å². The smallest absolute Gasteiger partial charge is 0.0924 e. The summed E-state index contributed by atoms with van der Waals surface area (Å²) < 4.78 is 0. The quantitative estimate of drug-likeness (QED) is 0.791. The molecule has 0 amide bonds. The van der Waals surface area contributed by atoms with Crippen LogP contribution in [0.5, 0.6) is 0 Å². The number of aromatic nitrogens is 2. The van der Waals surface area contributed by atoms with Crippen LogP contribution >= 0.6 is 0 Å². The molecule has 4 nitrogen and oxygen atoms in total. The lowest BCUT2D eigenvalue weighted by molar-refractivity contribution is 0.00462. The average Bonchev–Trinajstić information content (AvgIpc) is 2.98. The van der Waals surface area contributed by atoms with Crippen molar-refractivity contribution >= 4 is 0 Å². The summed E-state index contributed by atoms with van der Waals surface area (Å²) >= 11 is 0. The lowest BCUT2D eigenvalue weighted by Crippen LogP contribution is -2.41. The Morgan fingerprint density at radius 1 is 1.14 bits per heavy atom. The molecule has 3 rings (SSSR count). The van der Waals surface area contributed by atoms with E-state index in [2.05, 4.69) is 33.7 Å². The van der Waals surface area contributed by atoms with Gasteiger partial charge in [0.05, 0.1) is 11.3 Å². The van der Waals surface area contributed by atoms with Crippen LogP contribution in [0.1, 0.15) is 37.8 Å². The molecule has 1 aromatic heterocycles. The molecular weight excluding hydrogens is 262 g/mol. The second kappa shape index (κ2) is 6.41. The van der Waals surface area contributed by atoms with E-state index in [0.717, 1.165) is 42.6 Å². The van der Waals surface area contributed by atoms with Crippen molar-refractivity contribution in [1.82, 2.24) is 15.5 Å². The largest absolute Gasteiger partial charge is 0.389 e. The highest BCUT2D eigenvalue weighted by atomic mass is 16.3. The Balaban J connectivity index is 1.53. The average molecular weight is 285 g/mol. The number of H-pyrrole nitrogens is 1. The standard InChI is InChI=1S/C17H23N3O/c21-17(9-5-2-6-10-17)13-18-12-15-11-16(20-19-15)14-7-3-1-4-8-14/h1,3-4,7-8,11,18,21H,2,5-6,9-10,12-13H2,(H,19,20). The van der Waals surface area contributed by atoms with E-state index in [9.17, 15) is 5.11 Å². The number of aliphatic hydroxyl groups is 1. The first-order valence-electron chi connectivity index (χ1n) is 7.78. The minimum absolute atomic E-state index is 0.513. The summed E-state index contributed by atoms with van der Waals surface area (Å²) in [4.78, 5) is 0. The Morgan fingerprint density at radius 3 is 2.67 bits per heavy atom. The molecule has 1 saturated carbocycles. The topological polar surface area (TPSA) is 60.9 Å². The molecule has 0 atom stereocenters. The molecule has 112 valence electrons. The van der Waals surface area contributed by atoms with Crippen LogP contribution in [-0.2, 0) is 6.54 Å². The monoisotopic (exact) mass is 285 g/mol.